The van der Waals surface area contributed by atoms with Gasteiger partial charge in [0.1, 0.15) is 0 Å². The number of fused-ring (bicyclic) bond motifs is 1. The zero-order valence-corrected chi connectivity index (χ0v) is 14.2. The average molecular weight is 302 g/mol. The number of rotatable bonds is 5. The van der Waals surface area contributed by atoms with Gasteiger partial charge in [0, 0.05) is 16.3 Å². The molecule has 0 amide bonds. The molecule has 0 spiro atoms. The van der Waals surface area contributed by atoms with Crippen molar-refractivity contribution >= 4 is 21.4 Å². The molecule has 0 radical (unpaired) electrons. The Morgan fingerprint density at radius 1 is 1.24 bits per heavy atom. The molecule has 114 valence electrons. The Balaban J connectivity index is 1.83. The second-order valence-corrected chi connectivity index (χ2v) is 7.56. The van der Waals surface area contributed by atoms with E-state index < -0.39 is 0 Å². The molecule has 1 aromatic heterocycles. The summed E-state index contributed by atoms with van der Waals surface area (Å²) in [6, 6.07) is 9.25. The fourth-order valence-electron chi connectivity index (χ4n) is 3.63. The minimum Gasteiger partial charge on any atom is -0.315 e. The molecule has 0 bridgehead atoms. The van der Waals surface area contributed by atoms with E-state index in [-0.39, 0.29) is 5.54 Å². The number of likely N-dealkylation sites (N-methyl/N-ethyl adjacent to an activating group) is 1. The summed E-state index contributed by atoms with van der Waals surface area (Å²) in [6.07, 6.45) is 3.80. The molecule has 2 aromatic rings. The van der Waals surface area contributed by atoms with Crippen molar-refractivity contribution in [1.29, 1.82) is 0 Å². The summed E-state index contributed by atoms with van der Waals surface area (Å²) in [4.78, 5) is 2.66. The highest BCUT2D eigenvalue weighted by molar-refractivity contribution is 7.17. The zero-order valence-electron chi connectivity index (χ0n) is 13.4. The molecule has 1 saturated heterocycles. The van der Waals surface area contributed by atoms with Gasteiger partial charge in [-0.15, -0.1) is 11.3 Å². The number of benzene rings is 1. The summed E-state index contributed by atoms with van der Waals surface area (Å²) in [5.41, 5.74) is 1.69. The smallest absolute Gasteiger partial charge is 0.0345 e. The van der Waals surface area contributed by atoms with E-state index in [0.717, 1.165) is 6.42 Å². The van der Waals surface area contributed by atoms with E-state index in [9.17, 15) is 0 Å². The summed E-state index contributed by atoms with van der Waals surface area (Å²) in [7, 11) is 2.11. The first kappa shape index (κ1) is 15.0. The lowest BCUT2D eigenvalue weighted by Gasteiger charge is -2.42. The minimum absolute atomic E-state index is 0.203. The molecular formula is C18H26N2S. The first-order valence-corrected chi connectivity index (χ1v) is 8.88. The molecule has 0 saturated carbocycles. The molecule has 1 N–H and O–H groups in total. The van der Waals surface area contributed by atoms with E-state index in [1.165, 1.54) is 41.6 Å². The SMILES string of the molecule is CNC(Cc1csc2ccccc12)C(C)(C)N1CCCC1. The summed E-state index contributed by atoms with van der Waals surface area (Å²) >= 11 is 1.87. The van der Waals surface area contributed by atoms with Crippen molar-refractivity contribution in [3.63, 3.8) is 0 Å². The second-order valence-electron chi connectivity index (χ2n) is 6.65. The average Bonchev–Trinajstić information content (AvgIpc) is 3.15. The predicted molar refractivity (Wildman–Crippen MR) is 93.3 cm³/mol. The lowest BCUT2D eigenvalue weighted by molar-refractivity contribution is 0.110. The van der Waals surface area contributed by atoms with Crippen molar-refractivity contribution in [2.24, 2.45) is 0 Å². The summed E-state index contributed by atoms with van der Waals surface area (Å²) < 4.78 is 1.40. The van der Waals surface area contributed by atoms with Crippen LogP contribution in [0.25, 0.3) is 10.1 Å². The van der Waals surface area contributed by atoms with Crippen LogP contribution < -0.4 is 5.32 Å². The topological polar surface area (TPSA) is 15.3 Å². The lowest BCUT2D eigenvalue weighted by atomic mass is 9.87. The molecule has 1 aliphatic rings. The van der Waals surface area contributed by atoms with Gasteiger partial charge in [0.2, 0.25) is 0 Å². The first-order valence-electron chi connectivity index (χ1n) is 8.00. The molecule has 1 fully saturated rings. The number of likely N-dealkylation sites (tertiary alicyclic amines) is 1. The van der Waals surface area contributed by atoms with Gasteiger partial charge in [-0.25, -0.2) is 0 Å². The molecule has 3 rings (SSSR count). The summed E-state index contributed by atoms with van der Waals surface area (Å²) in [5, 5.41) is 7.36. The summed E-state index contributed by atoms with van der Waals surface area (Å²) in [6.45, 7) is 7.28. The van der Waals surface area contributed by atoms with E-state index in [4.69, 9.17) is 0 Å². The van der Waals surface area contributed by atoms with Gasteiger partial charge >= 0.3 is 0 Å². The van der Waals surface area contributed by atoms with Gasteiger partial charge in [-0.05, 0) is 75.6 Å². The number of hydrogen-bond donors (Lipinski definition) is 1. The third-order valence-corrected chi connectivity index (χ3v) is 6.12. The Kier molecular flexibility index (Phi) is 4.34. The fraction of sp³-hybridized carbons (Fsp3) is 0.556. The van der Waals surface area contributed by atoms with Gasteiger partial charge < -0.3 is 5.32 Å². The van der Waals surface area contributed by atoms with E-state index in [1.807, 2.05) is 11.3 Å². The van der Waals surface area contributed by atoms with Crippen molar-refractivity contribution in [2.45, 2.75) is 44.7 Å². The Hall–Kier alpha value is -0.900. The van der Waals surface area contributed by atoms with Crippen LogP contribution in [-0.4, -0.2) is 36.6 Å². The Labute approximate surface area is 132 Å². The highest BCUT2D eigenvalue weighted by Gasteiger charge is 2.36. The van der Waals surface area contributed by atoms with Gasteiger partial charge in [0.05, 0.1) is 0 Å². The van der Waals surface area contributed by atoms with Crippen molar-refractivity contribution in [3.8, 4) is 0 Å². The summed E-state index contributed by atoms with van der Waals surface area (Å²) in [5.74, 6) is 0. The molecule has 0 aliphatic carbocycles. The Bertz CT molecular complexity index is 596. The van der Waals surface area contributed by atoms with Gasteiger partial charge in [-0.2, -0.15) is 0 Å². The van der Waals surface area contributed by atoms with E-state index in [0.29, 0.717) is 6.04 Å². The maximum atomic E-state index is 3.59. The van der Waals surface area contributed by atoms with Crippen LogP contribution in [0.1, 0.15) is 32.3 Å². The molecule has 1 unspecified atom stereocenters. The molecule has 1 atom stereocenters. The largest absolute Gasteiger partial charge is 0.315 e. The lowest BCUT2D eigenvalue weighted by Crippen LogP contribution is -2.57. The monoisotopic (exact) mass is 302 g/mol. The van der Waals surface area contributed by atoms with E-state index in [1.54, 1.807) is 0 Å². The molecule has 2 nitrogen and oxygen atoms in total. The van der Waals surface area contributed by atoms with Gasteiger partial charge in [-0.1, -0.05) is 18.2 Å². The van der Waals surface area contributed by atoms with Crippen LogP contribution in [-0.2, 0) is 6.42 Å². The van der Waals surface area contributed by atoms with Crippen molar-refractivity contribution < 1.29 is 0 Å². The second kappa shape index (κ2) is 6.07. The third-order valence-electron chi connectivity index (χ3n) is 5.11. The molecule has 1 aliphatic heterocycles. The molecule has 21 heavy (non-hydrogen) atoms. The van der Waals surface area contributed by atoms with Crippen LogP contribution >= 0.6 is 11.3 Å². The quantitative estimate of drug-likeness (QED) is 0.901. The van der Waals surface area contributed by atoms with Crippen LogP contribution in [0.4, 0.5) is 0 Å². The molecule has 3 heteroatoms. The molecular weight excluding hydrogens is 276 g/mol. The van der Waals surface area contributed by atoms with Crippen LogP contribution in [0.2, 0.25) is 0 Å². The van der Waals surface area contributed by atoms with Gasteiger partial charge in [0.15, 0.2) is 0 Å². The van der Waals surface area contributed by atoms with Crippen molar-refractivity contribution in [1.82, 2.24) is 10.2 Å². The highest BCUT2D eigenvalue weighted by atomic mass is 32.1. The van der Waals surface area contributed by atoms with Crippen LogP contribution in [0.15, 0.2) is 29.6 Å². The van der Waals surface area contributed by atoms with Crippen molar-refractivity contribution in [3.05, 3.63) is 35.2 Å². The highest BCUT2D eigenvalue weighted by Crippen LogP contribution is 2.31. The van der Waals surface area contributed by atoms with Crippen LogP contribution in [0.3, 0.4) is 0 Å². The minimum atomic E-state index is 0.203. The normalized spacial score (nSPS) is 18.4. The Morgan fingerprint density at radius 3 is 2.67 bits per heavy atom. The van der Waals surface area contributed by atoms with Gasteiger partial charge in [0.25, 0.3) is 0 Å². The molecule has 1 aromatic carbocycles. The van der Waals surface area contributed by atoms with Crippen molar-refractivity contribution in [2.75, 3.05) is 20.1 Å². The molecule has 2 heterocycles. The number of nitrogens with one attached hydrogen (secondary N) is 1. The maximum Gasteiger partial charge on any atom is 0.0345 e. The number of hydrogen-bond acceptors (Lipinski definition) is 3. The number of thiophene rings is 1. The van der Waals surface area contributed by atoms with E-state index >= 15 is 0 Å². The third kappa shape index (κ3) is 2.87. The fourth-order valence-corrected chi connectivity index (χ4v) is 4.61. The predicted octanol–water partition coefficient (Wildman–Crippen LogP) is 3.91. The first-order chi connectivity index (χ1) is 10.1. The van der Waals surface area contributed by atoms with Crippen LogP contribution in [0, 0.1) is 0 Å². The number of nitrogens with zero attached hydrogens (tertiary/aromatic N) is 1. The van der Waals surface area contributed by atoms with Gasteiger partial charge in [-0.3, -0.25) is 4.90 Å². The van der Waals surface area contributed by atoms with Crippen LogP contribution in [0.5, 0.6) is 0 Å². The Morgan fingerprint density at radius 2 is 1.95 bits per heavy atom. The van der Waals surface area contributed by atoms with E-state index in [2.05, 4.69) is 60.8 Å². The standard InChI is InChI=1S/C18H26N2S/c1-18(2,20-10-6-7-11-20)17(19-3)12-14-13-21-16-9-5-4-8-15(14)16/h4-5,8-9,13,17,19H,6-7,10-12H2,1-3H3. The zero-order chi connectivity index (χ0) is 14.9. The maximum absolute atomic E-state index is 3.59.